The van der Waals surface area contributed by atoms with Crippen molar-refractivity contribution < 1.29 is 4.79 Å². The maximum absolute atomic E-state index is 10.6. The maximum atomic E-state index is 10.6. The molecule has 80 valence electrons. The summed E-state index contributed by atoms with van der Waals surface area (Å²) in [6.45, 7) is 5.14. The molecule has 2 saturated heterocycles. The molecule has 14 heavy (non-hydrogen) atoms. The van der Waals surface area contributed by atoms with Crippen LogP contribution in [0.3, 0.4) is 0 Å². The van der Waals surface area contributed by atoms with Gasteiger partial charge < -0.3 is 16.0 Å². The predicted octanol–water partition coefficient (Wildman–Crippen LogP) is -0.537. The van der Waals surface area contributed by atoms with E-state index >= 15 is 0 Å². The number of hydrogen-bond donors (Lipinski definition) is 3. The summed E-state index contributed by atoms with van der Waals surface area (Å²) >= 11 is 0. The van der Waals surface area contributed by atoms with Crippen LogP contribution in [0, 0.1) is 5.92 Å². The van der Waals surface area contributed by atoms with Crippen LogP contribution in [-0.4, -0.2) is 37.6 Å². The molecule has 2 atom stereocenters. The largest absolute Gasteiger partial charge is 0.349 e. The van der Waals surface area contributed by atoms with Gasteiger partial charge in [0, 0.05) is 19.1 Å². The Morgan fingerprint density at radius 2 is 2.29 bits per heavy atom. The van der Waals surface area contributed by atoms with Crippen LogP contribution in [0.5, 0.6) is 0 Å². The molecule has 0 aliphatic carbocycles. The normalized spacial score (nSPS) is 35.8. The first-order chi connectivity index (χ1) is 6.78. The molecule has 0 bridgehead atoms. The Labute approximate surface area is 84.8 Å². The summed E-state index contributed by atoms with van der Waals surface area (Å²) in [6, 6.07) is 0.433. The van der Waals surface area contributed by atoms with E-state index in [4.69, 9.17) is 0 Å². The van der Waals surface area contributed by atoms with Gasteiger partial charge in [-0.25, -0.2) is 0 Å². The van der Waals surface area contributed by atoms with Gasteiger partial charge in [0.25, 0.3) is 0 Å². The van der Waals surface area contributed by atoms with Gasteiger partial charge in [-0.3, -0.25) is 4.79 Å². The fraction of sp³-hybridized carbons (Fsp3) is 0.900. The SMILES string of the molecule is CC1CCCNC1C1(NC=O)CNC1. The second-order valence-electron chi connectivity index (χ2n) is 4.57. The molecular formula is C10H19N3O. The Morgan fingerprint density at radius 3 is 2.79 bits per heavy atom. The molecule has 0 spiro atoms. The zero-order valence-electron chi connectivity index (χ0n) is 8.68. The molecule has 4 nitrogen and oxygen atoms in total. The van der Waals surface area contributed by atoms with Gasteiger partial charge >= 0.3 is 0 Å². The van der Waals surface area contributed by atoms with Gasteiger partial charge in [-0.15, -0.1) is 0 Å². The average Bonchev–Trinajstić information content (AvgIpc) is 2.13. The van der Waals surface area contributed by atoms with Crippen molar-refractivity contribution in [3.8, 4) is 0 Å². The van der Waals surface area contributed by atoms with Crippen LogP contribution in [-0.2, 0) is 4.79 Å². The molecule has 2 aliphatic heterocycles. The minimum Gasteiger partial charge on any atom is -0.349 e. The molecule has 4 heteroatoms. The smallest absolute Gasteiger partial charge is 0.207 e. The van der Waals surface area contributed by atoms with Gasteiger partial charge in [-0.1, -0.05) is 6.92 Å². The number of hydrogen-bond acceptors (Lipinski definition) is 3. The van der Waals surface area contributed by atoms with Crippen LogP contribution in [0.1, 0.15) is 19.8 Å². The number of amides is 1. The summed E-state index contributed by atoms with van der Waals surface area (Å²) < 4.78 is 0. The van der Waals surface area contributed by atoms with Crippen LogP contribution >= 0.6 is 0 Å². The molecule has 0 radical (unpaired) electrons. The summed E-state index contributed by atoms with van der Waals surface area (Å²) in [5.74, 6) is 0.651. The van der Waals surface area contributed by atoms with Gasteiger partial charge in [0.05, 0.1) is 5.54 Å². The third-order valence-electron chi connectivity index (χ3n) is 3.59. The third kappa shape index (κ3) is 1.53. The Hall–Kier alpha value is -0.610. The van der Waals surface area contributed by atoms with Gasteiger partial charge in [-0.05, 0) is 25.3 Å². The number of piperidine rings is 1. The Bertz CT molecular complexity index is 215. The first-order valence-electron chi connectivity index (χ1n) is 5.44. The Kier molecular flexibility index (Phi) is 2.74. The molecule has 0 aromatic heterocycles. The van der Waals surface area contributed by atoms with E-state index in [1.165, 1.54) is 12.8 Å². The molecule has 2 fully saturated rings. The fourth-order valence-electron chi connectivity index (χ4n) is 2.71. The van der Waals surface area contributed by atoms with Crippen molar-refractivity contribution in [2.24, 2.45) is 5.92 Å². The van der Waals surface area contributed by atoms with Crippen molar-refractivity contribution in [2.45, 2.75) is 31.3 Å². The van der Waals surface area contributed by atoms with Crippen LogP contribution in [0.4, 0.5) is 0 Å². The van der Waals surface area contributed by atoms with Gasteiger partial charge in [0.2, 0.25) is 6.41 Å². The van der Waals surface area contributed by atoms with Crippen molar-refractivity contribution in [2.75, 3.05) is 19.6 Å². The highest BCUT2D eigenvalue weighted by Crippen LogP contribution is 2.27. The van der Waals surface area contributed by atoms with Gasteiger partial charge in [0.15, 0.2) is 0 Å². The van der Waals surface area contributed by atoms with Crippen LogP contribution < -0.4 is 16.0 Å². The minimum atomic E-state index is -0.0262. The topological polar surface area (TPSA) is 53.2 Å². The van der Waals surface area contributed by atoms with E-state index in [0.29, 0.717) is 12.0 Å². The highest BCUT2D eigenvalue weighted by molar-refractivity contribution is 5.49. The number of carbonyl (C=O) groups is 1. The molecule has 3 N–H and O–H groups in total. The number of rotatable bonds is 3. The molecule has 2 rings (SSSR count). The predicted molar refractivity (Wildman–Crippen MR) is 55.0 cm³/mol. The second kappa shape index (κ2) is 3.87. The zero-order valence-corrected chi connectivity index (χ0v) is 8.68. The lowest BCUT2D eigenvalue weighted by Crippen LogP contribution is -2.77. The highest BCUT2D eigenvalue weighted by atomic mass is 16.1. The van der Waals surface area contributed by atoms with Crippen LogP contribution in [0.25, 0.3) is 0 Å². The average molecular weight is 197 g/mol. The molecule has 0 saturated carbocycles. The quantitative estimate of drug-likeness (QED) is 0.533. The first kappa shape index (κ1) is 9.93. The minimum absolute atomic E-state index is 0.0262. The van der Waals surface area contributed by atoms with Gasteiger partial charge in [-0.2, -0.15) is 0 Å². The molecular weight excluding hydrogens is 178 g/mol. The lowest BCUT2D eigenvalue weighted by molar-refractivity contribution is -0.112. The number of carbonyl (C=O) groups excluding carboxylic acids is 1. The summed E-state index contributed by atoms with van der Waals surface area (Å²) in [5.41, 5.74) is -0.0262. The lowest BCUT2D eigenvalue weighted by atomic mass is 9.75. The molecule has 0 aromatic rings. The van der Waals surface area contributed by atoms with E-state index in [0.717, 1.165) is 26.0 Å². The van der Waals surface area contributed by atoms with Crippen molar-refractivity contribution in [3.05, 3.63) is 0 Å². The fourth-order valence-corrected chi connectivity index (χ4v) is 2.71. The summed E-state index contributed by atoms with van der Waals surface area (Å²) in [4.78, 5) is 10.6. The third-order valence-corrected chi connectivity index (χ3v) is 3.59. The molecule has 2 unspecified atom stereocenters. The van der Waals surface area contributed by atoms with E-state index in [1.54, 1.807) is 0 Å². The van der Waals surface area contributed by atoms with Crippen LogP contribution in [0.15, 0.2) is 0 Å². The maximum Gasteiger partial charge on any atom is 0.207 e. The molecule has 2 heterocycles. The van der Waals surface area contributed by atoms with E-state index in [2.05, 4.69) is 22.9 Å². The standard InChI is InChI=1S/C10H19N3O/c1-8-3-2-4-12-9(8)10(13-7-14)5-11-6-10/h7-9,11-12H,2-6H2,1H3,(H,13,14). The molecule has 2 aliphatic rings. The number of nitrogens with one attached hydrogen (secondary N) is 3. The summed E-state index contributed by atoms with van der Waals surface area (Å²) in [6.07, 6.45) is 3.35. The van der Waals surface area contributed by atoms with Crippen molar-refractivity contribution in [1.82, 2.24) is 16.0 Å². The first-order valence-corrected chi connectivity index (χ1v) is 5.44. The van der Waals surface area contributed by atoms with Crippen molar-refractivity contribution >= 4 is 6.41 Å². The highest BCUT2D eigenvalue weighted by Gasteiger charge is 2.46. The van der Waals surface area contributed by atoms with E-state index in [9.17, 15) is 4.79 Å². The van der Waals surface area contributed by atoms with E-state index < -0.39 is 0 Å². The van der Waals surface area contributed by atoms with Crippen molar-refractivity contribution in [3.63, 3.8) is 0 Å². The van der Waals surface area contributed by atoms with Gasteiger partial charge in [0.1, 0.15) is 0 Å². The summed E-state index contributed by atoms with van der Waals surface area (Å²) in [7, 11) is 0. The monoisotopic (exact) mass is 197 g/mol. The lowest BCUT2D eigenvalue weighted by Gasteiger charge is -2.51. The van der Waals surface area contributed by atoms with E-state index in [-0.39, 0.29) is 5.54 Å². The molecule has 1 amide bonds. The molecule has 0 aromatic carbocycles. The van der Waals surface area contributed by atoms with E-state index in [1.807, 2.05) is 0 Å². The zero-order chi connectivity index (χ0) is 10.0. The van der Waals surface area contributed by atoms with Crippen LogP contribution in [0.2, 0.25) is 0 Å². The summed E-state index contributed by atoms with van der Waals surface area (Å²) in [5, 5.41) is 9.77. The van der Waals surface area contributed by atoms with Crippen molar-refractivity contribution in [1.29, 1.82) is 0 Å². The Balaban J connectivity index is 2.05. The second-order valence-corrected chi connectivity index (χ2v) is 4.57. The Morgan fingerprint density at radius 1 is 1.50 bits per heavy atom.